The summed E-state index contributed by atoms with van der Waals surface area (Å²) in [7, 11) is 1.24. The minimum absolute atomic E-state index is 0.0519. The van der Waals surface area contributed by atoms with Crippen molar-refractivity contribution in [3.05, 3.63) is 135 Å². The first-order valence-corrected chi connectivity index (χ1v) is 20.5. The van der Waals surface area contributed by atoms with E-state index in [1.165, 1.54) is 55.6 Å². The van der Waals surface area contributed by atoms with Crippen molar-refractivity contribution < 1.29 is 42.9 Å². The molecule has 0 spiro atoms. The van der Waals surface area contributed by atoms with Gasteiger partial charge in [0, 0.05) is 11.4 Å². The quantitative estimate of drug-likeness (QED) is 0.0525. The zero-order chi connectivity index (χ0) is 45.1. The lowest BCUT2D eigenvalue weighted by atomic mass is 10.1. The average Bonchev–Trinajstić information content (AvgIpc) is 3.24. The fourth-order valence-electron chi connectivity index (χ4n) is 6.20. The number of nitrogens with one attached hydrogen (secondary N) is 4. The van der Waals surface area contributed by atoms with Crippen molar-refractivity contribution in [3.63, 3.8) is 0 Å². The lowest BCUT2D eigenvalue weighted by Gasteiger charge is -2.21. The maximum Gasteiger partial charge on any atom is 0.337 e. The molecule has 0 aliphatic rings. The fraction of sp³-hybridized carbons (Fsp3) is 0.255. The molecule has 0 aliphatic carbocycles. The molecule has 0 fully saturated rings. The minimum Gasteiger partial charge on any atom is -0.480 e. The second kappa shape index (κ2) is 21.3. The molecule has 4 amide bonds. The third-order valence-electron chi connectivity index (χ3n) is 9.51. The molecule has 0 saturated carbocycles. The van der Waals surface area contributed by atoms with Gasteiger partial charge in [-0.25, -0.2) is 4.79 Å². The Morgan fingerprint density at radius 1 is 0.532 bits per heavy atom. The highest BCUT2D eigenvalue weighted by Gasteiger charge is 2.31. The molecule has 5 rings (SSSR count). The third kappa shape index (κ3) is 12.3. The SMILES string of the molecule is CCC(Oc1ccc(C)cc1C)C(=O)Nc1ccc(Cl)c(NC(=O)C(Oc2ccc(C(=O)OC)cc2)C(=O)Nc2cc(NC(=O)C(CC)Oc3ccc(C)cc3C)ccc2Cl)c1. The van der Waals surface area contributed by atoms with Gasteiger partial charge in [-0.3, -0.25) is 19.2 Å². The number of halogens is 2. The number of ether oxygens (including phenoxy) is 4. The van der Waals surface area contributed by atoms with Gasteiger partial charge >= 0.3 is 5.97 Å². The van der Waals surface area contributed by atoms with Crippen LogP contribution in [0.3, 0.4) is 0 Å². The molecule has 2 unspecified atom stereocenters. The second-order valence-electron chi connectivity index (χ2n) is 14.4. The number of benzene rings is 5. The number of methoxy groups -OCH3 is 1. The molecule has 15 heteroatoms. The maximum atomic E-state index is 14.0. The summed E-state index contributed by atoms with van der Waals surface area (Å²) < 4.78 is 22.8. The van der Waals surface area contributed by atoms with Crippen LogP contribution in [0.25, 0.3) is 0 Å². The number of hydrogen-bond donors (Lipinski definition) is 4. The Balaban J connectivity index is 1.35. The highest BCUT2D eigenvalue weighted by molar-refractivity contribution is 6.35. The van der Waals surface area contributed by atoms with Gasteiger partial charge in [0.05, 0.1) is 34.1 Å². The van der Waals surface area contributed by atoms with Gasteiger partial charge < -0.3 is 40.2 Å². The van der Waals surface area contributed by atoms with E-state index < -0.39 is 47.9 Å². The zero-order valence-corrected chi connectivity index (χ0v) is 36.8. The molecule has 0 bridgehead atoms. The molecule has 62 heavy (non-hydrogen) atoms. The first kappa shape index (κ1) is 46.5. The van der Waals surface area contributed by atoms with E-state index in [9.17, 15) is 24.0 Å². The van der Waals surface area contributed by atoms with Crippen LogP contribution in [0.2, 0.25) is 10.0 Å². The number of rotatable bonds is 17. The smallest absolute Gasteiger partial charge is 0.337 e. The van der Waals surface area contributed by atoms with E-state index in [1.54, 1.807) is 12.1 Å². The number of carbonyl (C=O) groups excluding carboxylic acids is 5. The molecule has 13 nitrogen and oxygen atoms in total. The van der Waals surface area contributed by atoms with Crippen molar-refractivity contribution in [2.24, 2.45) is 0 Å². The van der Waals surface area contributed by atoms with Gasteiger partial charge in [-0.05, 0) is 124 Å². The van der Waals surface area contributed by atoms with Gasteiger partial charge in [-0.15, -0.1) is 0 Å². The Labute approximate surface area is 370 Å². The number of aryl methyl sites for hydroxylation is 4. The monoisotopic (exact) mass is 882 g/mol. The molecule has 0 saturated heterocycles. The zero-order valence-electron chi connectivity index (χ0n) is 35.3. The minimum atomic E-state index is -1.88. The van der Waals surface area contributed by atoms with E-state index in [2.05, 4.69) is 21.3 Å². The number of carbonyl (C=O) groups is 5. The normalized spacial score (nSPS) is 12.2. The highest BCUT2D eigenvalue weighted by atomic mass is 35.5. The van der Waals surface area contributed by atoms with Crippen LogP contribution in [-0.4, -0.2) is 55.0 Å². The van der Waals surface area contributed by atoms with E-state index in [1.807, 2.05) is 77.9 Å². The standard InChI is InChI=1S/C47H48Cl2N4O9/c1-8-38(61-40-20-10-26(3)22-28(40)5)43(54)50-31-14-18-34(48)36(24-31)52-45(56)42(60-33-16-12-30(13-17-33)47(58)59-7)46(57)53-37-25-32(15-19-35(37)49)51-44(55)39(9-2)62-41-21-11-27(4)23-29(41)6/h10-25,38-39,42H,8-9H2,1-7H3,(H,50,54)(H,51,55)(H,52,56)(H,53,57). The van der Waals surface area contributed by atoms with Crippen LogP contribution in [0.15, 0.2) is 97.1 Å². The number of hydrogen-bond acceptors (Lipinski definition) is 9. The molecule has 0 heterocycles. The molecule has 0 aromatic heterocycles. The predicted molar refractivity (Wildman–Crippen MR) is 241 cm³/mol. The van der Waals surface area contributed by atoms with Crippen LogP contribution in [0, 0.1) is 27.7 Å². The van der Waals surface area contributed by atoms with Crippen LogP contribution in [0.4, 0.5) is 22.7 Å². The molecule has 5 aromatic rings. The Morgan fingerprint density at radius 2 is 0.968 bits per heavy atom. The Morgan fingerprint density at radius 3 is 1.35 bits per heavy atom. The number of anilines is 4. The third-order valence-corrected chi connectivity index (χ3v) is 10.2. The summed E-state index contributed by atoms with van der Waals surface area (Å²) in [5, 5.41) is 11.0. The predicted octanol–water partition coefficient (Wildman–Crippen LogP) is 9.63. The lowest BCUT2D eigenvalue weighted by Crippen LogP contribution is -2.43. The van der Waals surface area contributed by atoms with Gasteiger partial charge in [-0.1, -0.05) is 72.4 Å². The van der Waals surface area contributed by atoms with Crippen molar-refractivity contribution in [2.45, 2.75) is 72.7 Å². The van der Waals surface area contributed by atoms with E-state index in [4.69, 9.17) is 42.1 Å². The van der Waals surface area contributed by atoms with Crippen molar-refractivity contribution in [2.75, 3.05) is 28.4 Å². The van der Waals surface area contributed by atoms with Crippen molar-refractivity contribution in [3.8, 4) is 17.2 Å². The van der Waals surface area contributed by atoms with Gasteiger partial charge in [-0.2, -0.15) is 0 Å². The molecular formula is C47H48Cl2N4O9. The first-order valence-electron chi connectivity index (χ1n) is 19.7. The Hall–Kier alpha value is -6.57. The van der Waals surface area contributed by atoms with E-state index in [0.717, 1.165) is 22.3 Å². The summed E-state index contributed by atoms with van der Waals surface area (Å²) in [6.07, 6.45) is -2.81. The van der Waals surface area contributed by atoms with Gasteiger partial charge in [0.25, 0.3) is 29.7 Å². The highest BCUT2D eigenvalue weighted by Crippen LogP contribution is 2.30. The molecule has 0 radical (unpaired) electrons. The van der Waals surface area contributed by atoms with Crippen molar-refractivity contribution in [1.29, 1.82) is 0 Å². The van der Waals surface area contributed by atoms with Crippen LogP contribution in [0.5, 0.6) is 17.2 Å². The van der Waals surface area contributed by atoms with E-state index in [0.29, 0.717) is 24.3 Å². The Bertz CT molecular complexity index is 2320. The maximum absolute atomic E-state index is 14.0. The molecular weight excluding hydrogens is 835 g/mol. The average molecular weight is 884 g/mol. The van der Waals surface area contributed by atoms with Gasteiger partial charge in [0.15, 0.2) is 12.2 Å². The van der Waals surface area contributed by atoms with Crippen LogP contribution < -0.4 is 35.5 Å². The molecule has 0 aliphatic heterocycles. The lowest BCUT2D eigenvalue weighted by molar-refractivity contribution is -0.133. The van der Waals surface area contributed by atoms with E-state index >= 15 is 0 Å². The summed E-state index contributed by atoms with van der Waals surface area (Å²) in [4.78, 5) is 66.8. The van der Waals surface area contributed by atoms with E-state index in [-0.39, 0.29) is 44.1 Å². The van der Waals surface area contributed by atoms with Gasteiger partial charge in [0.2, 0.25) is 0 Å². The summed E-state index contributed by atoms with van der Waals surface area (Å²) in [6, 6.07) is 25.8. The summed E-state index contributed by atoms with van der Waals surface area (Å²) in [6.45, 7) is 11.4. The van der Waals surface area contributed by atoms with Crippen LogP contribution >= 0.6 is 23.2 Å². The van der Waals surface area contributed by atoms with Gasteiger partial charge in [0.1, 0.15) is 17.2 Å². The summed E-state index contributed by atoms with van der Waals surface area (Å²) in [5.41, 5.74) is 4.77. The molecule has 4 N–H and O–H groups in total. The molecule has 2 atom stereocenters. The number of amides is 4. The molecule has 5 aromatic carbocycles. The fourth-order valence-corrected chi connectivity index (χ4v) is 6.53. The van der Waals surface area contributed by atoms with Crippen molar-refractivity contribution >= 4 is 75.5 Å². The van der Waals surface area contributed by atoms with Crippen molar-refractivity contribution in [1.82, 2.24) is 0 Å². The van der Waals surface area contributed by atoms with Crippen LogP contribution in [-0.2, 0) is 23.9 Å². The summed E-state index contributed by atoms with van der Waals surface area (Å²) in [5.74, 6) is -2.17. The summed E-state index contributed by atoms with van der Waals surface area (Å²) >= 11 is 13.0. The molecule has 324 valence electrons. The number of esters is 1. The topological polar surface area (TPSA) is 170 Å². The van der Waals surface area contributed by atoms with Crippen LogP contribution in [0.1, 0.15) is 59.3 Å². The largest absolute Gasteiger partial charge is 0.480 e. The second-order valence-corrected chi connectivity index (χ2v) is 15.2. The Kier molecular flexibility index (Phi) is 16.0. The first-order chi connectivity index (χ1) is 29.6.